The van der Waals surface area contributed by atoms with Gasteiger partial charge in [-0.3, -0.25) is 0 Å². The van der Waals surface area contributed by atoms with E-state index in [1.807, 2.05) is 54.7 Å². The molecule has 0 amide bonds. The van der Waals surface area contributed by atoms with Crippen molar-refractivity contribution < 1.29 is 24.5 Å². The van der Waals surface area contributed by atoms with Gasteiger partial charge in [0, 0.05) is 32.5 Å². The number of benzene rings is 5. The fourth-order valence-electron chi connectivity index (χ4n) is 5.58. The largest absolute Gasteiger partial charge is 0.305 e. The molecule has 0 saturated carbocycles. The summed E-state index contributed by atoms with van der Waals surface area (Å²) in [6, 6.07) is 40.4. The summed E-state index contributed by atoms with van der Waals surface area (Å²) in [4.78, 5) is 9.00. The van der Waals surface area contributed by atoms with Gasteiger partial charge in [0.1, 0.15) is 5.82 Å². The third-order valence-corrected chi connectivity index (χ3v) is 8.26. The predicted molar refractivity (Wildman–Crippen MR) is 187 cm³/mol. The first kappa shape index (κ1) is 33.1. The van der Waals surface area contributed by atoms with Gasteiger partial charge in [0.05, 0.1) is 0 Å². The maximum Gasteiger partial charge on any atom is 0.123 e. The molecule has 0 aliphatic rings. The number of rotatable bonds is 2. The van der Waals surface area contributed by atoms with E-state index in [1.165, 1.54) is 17.2 Å². The van der Waals surface area contributed by atoms with Gasteiger partial charge in [-0.05, 0) is 62.1 Å². The van der Waals surface area contributed by atoms with E-state index in [1.54, 1.807) is 12.3 Å². The van der Waals surface area contributed by atoms with E-state index in [4.69, 9.17) is 0 Å². The third kappa shape index (κ3) is 6.94. The molecule has 0 bridgehead atoms. The first-order valence-electron chi connectivity index (χ1n) is 15.3. The number of nitrogens with zero attached hydrogens (tertiary/aromatic N) is 2. The van der Waals surface area contributed by atoms with Gasteiger partial charge in [0.25, 0.3) is 0 Å². The van der Waals surface area contributed by atoms with E-state index in [0.29, 0.717) is 0 Å². The van der Waals surface area contributed by atoms with Crippen molar-refractivity contribution in [1.29, 1.82) is 0 Å². The van der Waals surface area contributed by atoms with Crippen LogP contribution in [-0.4, -0.2) is 9.97 Å². The van der Waals surface area contributed by atoms with Crippen LogP contribution in [-0.2, 0) is 30.9 Å². The zero-order chi connectivity index (χ0) is 31.8. The second-order valence-electron chi connectivity index (χ2n) is 13.5. The molecule has 1 radical (unpaired) electrons. The quantitative estimate of drug-likeness (QED) is 0.129. The summed E-state index contributed by atoms with van der Waals surface area (Å²) >= 11 is 0. The monoisotopic (exact) mass is 781 g/mol. The van der Waals surface area contributed by atoms with Crippen molar-refractivity contribution in [2.24, 2.45) is 0 Å². The molecule has 0 aliphatic heterocycles. The Labute approximate surface area is 285 Å². The normalized spacial score (nSPS) is 11.6. The van der Waals surface area contributed by atoms with Crippen molar-refractivity contribution >= 4 is 32.3 Å². The minimum absolute atomic E-state index is 0. The van der Waals surface area contributed by atoms with Crippen LogP contribution < -0.4 is 0 Å². The molecule has 2 heterocycles. The molecule has 233 valence electrons. The molecule has 2 aromatic heterocycles. The first-order valence-corrected chi connectivity index (χ1v) is 15.3. The van der Waals surface area contributed by atoms with Gasteiger partial charge < -0.3 is 9.97 Å². The Morgan fingerprint density at radius 1 is 0.522 bits per heavy atom. The van der Waals surface area contributed by atoms with E-state index >= 15 is 0 Å². The van der Waals surface area contributed by atoms with Crippen LogP contribution in [0.4, 0.5) is 4.39 Å². The van der Waals surface area contributed by atoms with Gasteiger partial charge in [-0.15, -0.1) is 59.2 Å². The maximum absolute atomic E-state index is 13.8. The molecule has 0 unspecified atom stereocenters. The molecule has 4 heteroatoms. The summed E-state index contributed by atoms with van der Waals surface area (Å²) in [5.74, 6) is -0.217. The van der Waals surface area contributed by atoms with Crippen molar-refractivity contribution in [2.75, 3.05) is 0 Å². The van der Waals surface area contributed by atoms with Crippen molar-refractivity contribution in [3.05, 3.63) is 145 Å². The average molecular weight is 781 g/mol. The van der Waals surface area contributed by atoms with Crippen LogP contribution in [0.5, 0.6) is 0 Å². The minimum atomic E-state index is -0.217. The summed E-state index contributed by atoms with van der Waals surface area (Å²) < 4.78 is 13.8. The van der Waals surface area contributed by atoms with Gasteiger partial charge in [-0.25, -0.2) is 4.39 Å². The van der Waals surface area contributed by atoms with E-state index in [9.17, 15) is 4.39 Å². The summed E-state index contributed by atoms with van der Waals surface area (Å²) in [5.41, 5.74) is 6.76. The summed E-state index contributed by atoms with van der Waals surface area (Å²) in [7, 11) is 0. The van der Waals surface area contributed by atoms with Crippen LogP contribution in [0.1, 0.15) is 52.7 Å². The number of aromatic nitrogens is 2. The number of hydrogen-bond donors (Lipinski definition) is 0. The predicted octanol–water partition coefficient (Wildman–Crippen LogP) is 11.3. The Balaban J connectivity index is 0.000000182. The molecule has 0 spiro atoms. The molecule has 0 saturated heterocycles. The standard InChI is InChI=1S/C23H13FN.C19H24N.Ir/c24-16-9-11-20-19-10-8-15(23-7-3-4-12-25-23)13-21(19)17-5-1-2-6-18(17)22(20)14-16;1-18(2,3)15-9-7-14(8-10-15)17-12-11-16(13-20-17)19(4,5)6;/h1-7,9-14H;7,9-13H,1-6H3;/q2*-1;. The van der Waals surface area contributed by atoms with Crippen molar-refractivity contribution in [1.82, 2.24) is 9.97 Å². The second kappa shape index (κ2) is 13.2. The number of fused-ring (bicyclic) bond motifs is 6. The molecular weight excluding hydrogens is 744 g/mol. The third-order valence-electron chi connectivity index (χ3n) is 8.26. The molecule has 0 atom stereocenters. The van der Waals surface area contributed by atoms with Gasteiger partial charge in [-0.2, -0.15) is 0 Å². The number of pyridine rings is 2. The molecule has 7 aromatic rings. The Morgan fingerprint density at radius 3 is 1.72 bits per heavy atom. The molecule has 0 aliphatic carbocycles. The molecule has 7 rings (SSSR count). The van der Waals surface area contributed by atoms with Gasteiger partial charge >= 0.3 is 0 Å². The zero-order valence-corrected chi connectivity index (χ0v) is 29.5. The van der Waals surface area contributed by atoms with Crippen molar-refractivity contribution in [3.63, 3.8) is 0 Å². The smallest absolute Gasteiger partial charge is 0.123 e. The zero-order valence-electron chi connectivity index (χ0n) is 27.1. The first-order chi connectivity index (χ1) is 21.5. The number of halogens is 1. The van der Waals surface area contributed by atoms with Crippen LogP contribution in [0.3, 0.4) is 0 Å². The summed E-state index contributed by atoms with van der Waals surface area (Å²) in [6.07, 6.45) is 3.76. The Bertz CT molecular complexity index is 2030. The molecule has 5 aromatic carbocycles. The van der Waals surface area contributed by atoms with Crippen LogP contribution in [0.25, 0.3) is 54.8 Å². The van der Waals surface area contributed by atoms with E-state index in [2.05, 4.69) is 106 Å². The van der Waals surface area contributed by atoms with Crippen molar-refractivity contribution in [2.45, 2.75) is 52.4 Å². The molecular formula is C42H37FIrN2-2. The topological polar surface area (TPSA) is 25.8 Å². The molecule has 46 heavy (non-hydrogen) atoms. The van der Waals surface area contributed by atoms with Crippen LogP contribution in [0.15, 0.2) is 116 Å². The molecule has 0 fully saturated rings. The Morgan fingerprint density at radius 2 is 1.13 bits per heavy atom. The summed E-state index contributed by atoms with van der Waals surface area (Å²) in [5, 5.41) is 6.35. The van der Waals surface area contributed by atoms with Crippen molar-refractivity contribution in [3.8, 4) is 22.5 Å². The van der Waals surface area contributed by atoms with Gasteiger partial charge in [0.15, 0.2) is 0 Å². The molecule has 0 N–H and O–H groups in total. The van der Waals surface area contributed by atoms with E-state index in [0.717, 1.165) is 54.8 Å². The average Bonchev–Trinajstić information content (AvgIpc) is 3.05. The summed E-state index contributed by atoms with van der Waals surface area (Å²) in [6.45, 7) is 13.3. The minimum Gasteiger partial charge on any atom is -0.305 e. The Kier molecular flexibility index (Phi) is 9.54. The number of hydrogen-bond acceptors (Lipinski definition) is 2. The van der Waals surface area contributed by atoms with Crippen LogP contribution in [0, 0.1) is 17.9 Å². The van der Waals surface area contributed by atoms with Crippen LogP contribution in [0.2, 0.25) is 0 Å². The van der Waals surface area contributed by atoms with Gasteiger partial charge in [-0.1, -0.05) is 112 Å². The fourth-order valence-corrected chi connectivity index (χ4v) is 5.58. The maximum atomic E-state index is 13.8. The van der Waals surface area contributed by atoms with E-state index < -0.39 is 0 Å². The van der Waals surface area contributed by atoms with E-state index in [-0.39, 0.29) is 36.8 Å². The van der Waals surface area contributed by atoms with Gasteiger partial charge in [0.2, 0.25) is 0 Å². The molecule has 2 nitrogen and oxygen atoms in total. The SMILES string of the molecule is CC(C)(C)c1c[c-]c(-c2ccc(C(C)(C)C)cn2)cc1.Fc1ccc2c3c[c-]c(-c4ccccn4)cc3c3ccccc3c2c1.[Ir]. The Hall–Kier alpha value is -4.24. The second-order valence-corrected chi connectivity index (χ2v) is 13.5. The fraction of sp³-hybridized carbons (Fsp3) is 0.190. The van der Waals surface area contributed by atoms with Crippen LogP contribution >= 0.6 is 0 Å².